The van der Waals surface area contributed by atoms with E-state index in [9.17, 15) is 9.59 Å². The number of amides is 1. The smallest absolute Gasteiger partial charge is 0.369 e. The molecular weight excluding hydrogens is 342 g/mol. The average Bonchev–Trinajstić information content (AvgIpc) is 3.26. The first-order valence-electron chi connectivity index (χ1n) is 7.52. The summed E-state index contributed by atoms with van der Waals surface area (Å²) in [6.45, 7) is 0.271. The number of carbonyl (C=O) groups excluding carboxylic acids is 1. The zero-order valence-corrected chi connectivity index (χ0v) is 14.6. The van der Waals surface area contributed by atoms with Gasteiger partial charge in [-0.2, -0.15) is 9.36 Å². The van der Waals surface area contributed by atoms with Crippen molar-refractivity contribution in [3.8, 4) is 10.8 Å². The van der Waals surface area contributed by atoms with Crippen molar-refractivity contribution in [2.75, 3.05) is 14.2 Å². The van der Waals surface area contributed by atoms with Crippen LogP contribution in [0.2, 0.25) is 0 Å². The number of hydrogen-bond donors (Lipinski definition) is 0. The zero-order chi connectivity index (χ0) is 17.8. The number of methoxy groups -OCH3 is 1. The van der Waals surface area contributed by atoms with Gasteiger partial charge in [0, 0.05) is 13.6 Å². The van der Waals surface area contributed by atoms with E-state index < -0.39 is 5.69 Å². The number of hydrogen-bond acceptors (Lipinski definition) is 6. The first kappa shape index (κ1) is 16.9. The van der Waals surface area contributed by atoms with Crippen LogP contribution in [0.15, 0.2) is 46.6 Å². The largest absolute Gasteiger partial charge is 0.497 e. The average molecular weight is 359 g/mol. The Bertz CT molecular complexity index is 899. The Morgan fingerprint density at radius 3 is 2.64 bits per heavy atom. The van der Waals surface area contributed by atoms with Gasteiger partial charge in [-0.1, -0.05) is 12.1 Å². The number of carbonyl (C=O) groups is 1. The second-order valence-electron chi connectivity index (χ2n) is 5.38. The van der Waals surface area contributed by atoms with E-state index in [0.717, 1.165) is 16.0 Å². The number of likely N-dealkylation sites (N-methyl/N-ethyl adjacent to an activating group) is 1. The zero-order valence-electron chi connectivity index (χ0n) is 13.8. The normalized spacial score (nSPS) is 10.6. The van der Waals surface area contributed by atoms with Crippen molar-refractivity contribution in [1.29, 1.82) is 0 Å². The van der Waals surface area contributed by atoms with Gasteiger partial charge in [-0.25, -0.2) is 4.79 Å². The molecule has 0 spiro atoms. The van der Waals surface area contributed by atoms with E-state index in [0.29, 0.717) is 11.5 Å². The molecule has 0 aliphatic carbocycles. The van der Waals surface area contributed by atoms with Gasteiger partial charge in [-0.15, -0.1) is 11.3 Å². The van der Waals surface area contributed by atoms with Crippen molar-refractivity contribution in [1.82, 2.24) is 24.7 Å². The van der Waals surface area contributed by atoms with Crippen LogP contribution in [0.5, 0.6) is 5.75 Å². The van der Waals surface area contributed by atoms with Crippen molar-refractivity contribution in [3.63, 3.8) is 0 Å². The monoisotopic (exact) mass is 359 g/mol. The predicted octanol–water partition coefficient (Wildman–Crippen LogP) is 1.16. The first-order valence-corrected chi connectivity index (χ1v) is 8.40. The number of nitrogens with zero attached hydrogens (tertiary/aromatic N) is 5. The molecule has 2 aromatic heterocycles. The van der Waals surface area contributed by atoms with Crippen LogP contribution >= 0.6 is 11.3 Å². The van der Waals surface area contributed by atoms with E-state index in [2.05, 4.69) is 10.4 Å². The third-order valence-corrected chi connectivity index (χ3v) is 4.49. The van der Waals surface area contributed by atoms with Crippen molar-refractivity contribution in [2.24, 2.45) is 0 Å². The molecule has 3 rings (SSSR count). The lowest BCUT2D eigenvalue weighted by molar-refractivity contribution is -0.131. The minimum Gasteiger partial charge on any atom is -0.497 e. The molecule has 25 heavy (non-hydrogen) atoms. The summed E-state index contributed by atoms with van der Waals surface area (Å²) in [5, 5.41) is 10.1. The van der Waals surface area contributed by atoms with Gasteiger partial charge in [0.1, 0.15) is 17.3 Å². The summed E-state index contributed by atoms with van der Waals surface area (Å²) in [7, 11) is 3.28. The van der Waals surface area contributed by atoms with E-state index in [1.807, 2.05) is 35.7 Å². The second-order valence-corrected chi connectivity index (χ2v) is 6.31. The molecule has 3 aromatic rings. The van der Waals surface area contributed by atoms with Gasteiger partial charge in [0.05, 0.1) is 7.11 Å². The van der Waals surface area contributed by atoms with Crippen LogP contribution in [0.4, 0.5) is 0 Å². The molecule has 130 valence electrons. The molecule has 1 aromatic carbocycles. The topological polar surface area (TPSA) is 82.2 Å². The van der Waals surface area contributed by atoms with Gasteiger partial charge in [-0.05, 0) is 45.6 Å². The van der Waals surface area contributed by atoms with Crippen LogP contribution in [-0.4, -0.2) is 44.8 Å². The number of rotatable bonds is 6. The summed E-state index contributed by atoms with van der Waals surface area (Å²) in [5.41, 5.74) is 0.528. The van der Waals surface area contributed by atoms with Crippen molar-refractivity contribution in [3.05, 3.63) is 57.8 Å². The molecule has 0 aliphatic heterocycles. The van der Waals surface area contributed by atoms with Crippen molar-refractivity contribution in [2.45, 2.75) is 13.1 Å². The van der Waals surface area contributed by atoms with Crippen LogP contribution in [0, 0.1) is 0 Å². The van der Waals surface area contributed by atoms with Crippen LogP contribution < -0.4 is 10.4 Å². The number of thiophene rings is 1. The first-order chi connectivity index (χ1) is 12.1. The lowest BCUT2D eigenvalue weighted by Crippen LogP contribution is -2.34. The minimum atomic E-state index is -0.436. The van der Waals surface area contributed by atoms with E-state index in [-0.39, 0.29) is 12.5 Å². The third-order valence-electron chi connectivity index (χ3n) is 3.64. The lowest BCUT2D eigenvalue weighted by atomic mass is 10.2. The maximum atomic E-state index is 12.4. The molecule has 0 saturated heterocycles. The van der Waals surface area contributed by atoms with Crippen molar-refractivity contribution >= 4 is 17.2 Å². The molecule has 8 nitrogen and oxygen atoms in total. The molecule has 1 amide bonds. The molecule has 0 atom stereocenters. The highest BCUT2D eigenvalue weighted by atomic mass is 32.1. The fourth-order valence-electron chi connectivity index (χ4n) is 2.24. The lowest BCUT2D eigenvalue weighted by Gasteiger charge is -2.17. The standard InChI is InChI=1S/C16H17N5O3S/c1-19(10-12-5-7-13(24-2)8-6-12)14(22)11-20-16(23)21(18-17-20)15-4-3-9-25-15/h3-9H,10-11H2,1-2H3. The Labute approximate surface area is 147 Å². The molecule has 0 radical (unpaired) electrons. The maximum Gasteiger partial charge on any atom is 0.369 e. The fourth-order valence-corrected chi connectivity index (χ4v) is 2.91. The molecule has 0 unspecified atom stereocenters. The Kier molecular flexibility index (Phi) is 4.94. The van der Waals surface area contributed by atoms with E-state index in [4.69, 9.17) is 4.74 Å². The summed E-state index contributed by atoms with van der Waals surface area (Å²) >= 11 is 1.38. The summed E-state index contributed by atoms with van der Waals surface area (Å²) < 4.78 is 7.36. The van der Waals surface area contributed by atoms with Gasteiger partial charge < -0.3 is 9.64 Å². The highest BCUT2D eigenvalue weighted by Gasteiger charge is 2.15. The number of aromatic nitrogens is 4. The third kappa shape index (κ3) is 3.77. The van der Waals surface area contributed by atoms with Gasteiger partial charge in [0.25, 0.3) is 0 Å². The van der Waals surface area contributed by atoms with Gasteiger partial charge in [0.15, 0.2) is 0 Å². The Balaban J connectivity index is 1.66. The summed E-state index contributed by atoms with van der Waals surface area (Å²) in [6, 6.07) is 11.0. The maximum absolute atomic E-state index is 12.4. The van der Waals surface area contributed by atoms with Crippen molar-refractivity contribution < 1.29 is 9.53 Å². The van der Waals surface area contributed by atoms with Crippen LogP contribution in [0.3, 0.4) is 0 Å². The quantitative estimate of drug-likeness (QED) is 0.660. The number of tetrazole rings is 1. The summed E-state index contributed by atoms with van der Waals surface area (Å²) in [6.07, 6.45) is 0. The van der Waals surface area contributed by atoms with Gasteiger partial charge >= 0.3 is 5.69 Å². The van der Waals surface area contributed by atoms with Crippen LogP contribution in [0.1, 0.15) is 5.56 Å². The molecule has 0 fully saturated rings. The minimum absolute atomic E-state index is 0.156. The highest BCUT2D eigenvalue weighted by molar-refractivity contribution is 7.12. The molecule has 0 saturated carbocycles. The number of ether oxygens (including phenoxy) is 1. The Hall–Kier alpha value is -2.94. The Morgan fingerprint density at radius 2 is 2.00 bits per heavy atom. The summed E-state index contributed by atoms with van der Waals surface area (Å²) in [5.74, 6) is 0.533. The van der Waals surface area contributed by atoms with Gasteiger partial charge in [-0.3, -0.25) is 4.79 Å². The van der Waals surface area contributed by atoms with E-state index in [1.54, 1.807) is 25.1 Å². The van der Waals surface area contributed by atoms with Crippen LogP contribution in [0.25, 0.3) is 5.00 Å². The molecule has 9 heteroatoms. The molecular formula is C16H17N5O3S. The summed E-state index contributed by atoms with van der Waals surface area (Å²) in [4.78, 5) is 26.2. The van der Waals surface area contributed by atoms with E-state index >= 15 is 0 Å². The molecule has 0 N–H and O–H groups in total. The predicted molar refractivity (Wildman–Crippen MR) is 93.0 cm³/mol. The number of benzene rings is 1. The SMILES string of the molecule is COc1ccc(CN(C)C(=O)Cn2nnn(-c3cccs3)c2=O)cc1. The van der Waals surface area contributed by atoms with Gasteiger partial charge in [0.2, 0.25) is 5.91 Å². The Morgan fingerprint density at radius 1 is 1.24 bits per heavy atom. The van der Waals surface area contributed by atoms with Crippen LogP contribution in [-0.2, 0) is 17.9 Å². The fraction of sp³-hybridized carbons (Fsp3) is 0.250. The molecule has 0 aliphatic rings. The molecule has 0 bridgehead atoms. The van der Waals surface area contributed by atoms with E-state index in [1.165, 1.54) is 16.0 Å². The highest BCUT2D eigenvalue weighted by Crippen LogP contribution is 2.13. The second kappa shape index (κ2) is 7.31. The molecule has 2 heterocycles.